The highest BCUT2D eigenvalue weighted by Gasteiger charge is 2.12. The Labute approximate surface area is 101 Å². The Morgan fingerprint density at radius 3 is 2.35 bits per heavy atom. The number of carbonyl (C=O) groups is 1. The Morgan fingerprint density at radius 1 is 1.35 bits per heavy atom. The summed E-state index contributed by atoms with van der Waals surface area (Å²) in [5.74, 6) is -0.367. The standard InChI is InChI=1S/C14H17O3/c1-3-13(16)14(17)9-12-6-4-11(5-7-12)8-10(2)15/h3-7,14-15,17H,1,8-9H2,2H3. The Bertz CT molecular complexity index is 379. The van der Waals surface area contributed by atoms with Crippen molar-refractivity contribution in [2.75, 3.05) is 0 Å². The molecule has 1 unspecified atom stereocenters. The van der Waals surface area contributed by atoms with Crippen molar-refractivity contribution >= 4 is 5.78 Å². The zero-order valence-corrected chi connectivity index (χ0v) is 9.89. The summed E-state index contributed by atoms with van der Waals surface area (Å²) in [5, 5.41) is 18.7. The quantitative estimate of drug-likeness (QED) is 0.737. The van der Waals surface area contributed by atoms with Gasteiger partial charge in [-0.05, 0) is 24.1 Å². The third-order valence-electron chi connectivity index (χ3n) is 2.44. The maximum Gasteiger partial charge on any atom is 0.183 e. The summed E-state index contributed by atoms with van der Waals surface area (Å²) in [6, 6.07) is 7.44. The molecule has 0 saturated heterocycles. The summed E-state index contributed by atoms with van der Waals surface area (Å²) >= 11 is 0. The zero-order chi connectivity index (χ0) is 12.8. The van der Waals surface area contributed by atoms with Crippen LogP contribution in [-0.2, 0) is 17.6 Å². The molecule has 1 rings (SSSR count). The van der Waals surface area contributed by atoms with Gasteiger partial charge in [-0.3, -0.25) is 4.79 Å². The lowest BCUT2D eigenvalue weighted by Crippen LogP contribution is -2.20. The molecule has 0 bridgehead atoms. The van der Waals surface area contributed by atoms with E-state index >= 15 is 0 Å². The van der Waals surface area contributed by atoms with Crippen LogP contribution in [0.15, 0.2) is 36.9 Å². The summed E-state index contributed by atoms with van der Waals surface area (Å²) in [6.07, 6.45) is 1.27. The molecule has 0 aromatic heterocycles. The summed E-state index contributed by atoms with van der Waals surface area (Å²) in [4.78, 5) is 11.1. The number of hydrogen-bond donors (Lipinski definition) is 2. The van der Waals surface area contributed by atoms with Gasteiger partial charge in [-0.2, -0.15) is 0 Å². The molecule has 0 aliphatic heterocycles. The molecule has 0 amide bonds. The van der Waals surface area contributed by atoms with Gasteiger partial charge in [0.15, 0.2) is 5.78 Å². The van der Waals surface area contributed by atoms with Crippen LogP contribution in [0.1, 0.15) is 18.1 Å². The number of aliphatic hydroxyl groups excluding tert-OH is 2. The van der Waals surface area contributed by atoms with Crippen LogP contribution in [0.5, 0.6) is 0 Å². The molecule has 3 heteroatoms. The van der Waals surface area contributed by atoms with E-state index in [0.717, 1.165) is 17.2 Å². The third kappa shape index (κ3) is 4.51. The van der Waals surface area contributed by atoms with E-state index in [1.165, 1.54) is 0 Å². The van der Waals surface area contributed by atoms with E-state index in [1.807, 2.05) is 24.3 Å². The van der Waals surface area contributed by atoms with Gasteiger partial charge in [-0.25, -0.2) is 0 Å². The zero-order valence-electron chi connectivity index (χ0n) is 9.89. The summed E-state index contributed by atoms with van der Waals surface area (Å²) in [5.41, 5.74) is 1.88. The molecule has 0 aliphatic carbocycles. The molecule has 0 spiro atoms. The van der Waals surface area contributed by atoms with Crippen LogP contribution in [0.25, 0.3) is 0 Å². The summed E-state index contributed by atoms with van der Waals surface area (Å²) < 4.78 is 0. The van der Waals surface area contributed by atoms with Crippen LogP contribution in [-0.4, -0.2) is 22.1 Å². The monoisotopic (exact) mass is 233 g/mol. The Hall–Kier alpha value is -1.45. The number of rotatable bonds is 6. The van der Waals surface area contributed by atoms with Crippen LogP contribution in [0, 0.1) is 6.10 Å². The van der Waals surface area contributed by atoms with E-state index in [4.69, 9.17) is 5.11 Å². The van der Waals surface area contributed by atoms with Crippen molar-refractivity contribution in [3.63, 3.8) is 0 Å². The van der Waals surface area contributed by atoms with Gasteiger partial charge in [0.2, 0.25) is 0 Å². The molecule has 0 heterocycles. The molecule has 0 aliphatic rings. The Kier molecular flexibility index (Phi) is 5.07. The second-order valence-electron chi connectivity index (χ2n) is 4.05. The fourth-order valence-electron chi connectivity index (χ4n) is 1.55. The molecule has 1 aromatic rings. The van der Waals surface area contributed by atoms with Gasteiger partial charge in [0.05, 0.1) is 6.10 Å². The van der Waals surface area contributed by atoms with E-state index in [0.29, 0.717) is 12.5 Å². The van der Waals surface area contributed by atoms with Crippen molar-refractivity contribution in [1.82, 2.24) is 0 Å². The molecule has 1 atom stereocenters. The molecule has 1 radical (unpaired) electrons. The number of ketones is 1. The van der Waals surface area contributed by atoms with E-state index < -0.39 is 6.10 Å². The van der Waals surface area contributed by atoms with Crippen molar-refractivity contribution < 1.29 is 15.0 Å². The first-order valence-corrected chi connectivity index (χ1v) is 5.46. The normalized spacial score (nSPS) is 12.5. The summed E-state index contributed by atoms with van der Waals surface area (Å²) in [6.45, 7) is 4.98. The van der Waals surface area contributed by atoms with Gasteiger partial charge in [-0.1, -0.05) is 30.8 Å². The van der Waals surface area contributed by atoms with Crippen molar-refractivity contribution in [2.45, 2.75) is 25.9 Å². The maximum absolute atomic E-state index is 11.1. The highest BCUT2D eigenvalue weighted by molar-refractivity contribution is 5.92. The second-order valence-corrected chi connectivity index (χ2v) is 4.05. The largest absolute Gasteiger partial charge is 0.387 e. The molecular formula is C14H17O3. The number of aliphatic hydroxyl groups is 2. The van der Waals surface area contributed by atoms with Gasteiger partial charge < -0.3 is 10.2 Å². The average Bonchev–Trinajstić information content (AvgIpc) is 2.30. The lowest BCUT2D eigenvalue weighted by atomic mass is 10.0. The SMILES string of the molecule is C=CC(=O)C(O)Cc1ccc(C[C](C)O)cc1. The first-order valence-electron chi connectivity index (χ1n) is 5.46. The van der Waals surface area contributed by atoms with Gasteiger partial charge in [-0.15, -0.1) is 0 Å². The molecule has 2 N–H and O–H groups in total. The van der Waals surface area contributed by atoms with E-state index in [2.05, 4.69) is 6.58 Å². The fraction of sp³-hybridized carbons (Fsp3) is 0.286. The molecule has 91 valence electrons. The van der Waals surface area contributed by atoms with Crippen LogP contribution >= 0.6 is 0 Å². The predicted molar refractivity (Wildman–Crippen MR) is 65.9 cm³/mol. The summed E-state index contributed by atoms with van der Waals surface area (Å²) in [7, 11) is 0. The van der Waals surface area contributed by atoms with Crippen LogP contribution < -0.4 is 0 Å². The highest BCUT2D eigenvalue weighted by atomic mass is 16.3. The molecule has 1 aromatic carbocycles. The first kappa shape index (κ1) is 13.6. The topological polar surface area (TPSA) is 57.5 Å². The molecule has 0 saturated carbocycles. The average molecular weight is 233 g/mol. The molecule has 17 heavy (non-hydrogen) atoms. The number of hydrogen-bond acceptors (Lipinski definition) is 3. The minimum absolute atomic E-state index is 0.285. The number of benzene rings is 1. The number of carbonyl (C=O) groups excluding carboxylic acids is 1. The predicted octanol–water partition coefficient (Wildman–Crippen LogP) is 1.81. The molecular weight excluding hydrogens is 216 g/mol. The van der Waals surface area contributed by atoms with Crippen molar-refractivity contribution in [3.8, 4) is 0 Å². The van der Waals surface area contributed by atoms with Gasteiger partial charge in [0, 0.05) is 12.8 Å². The second kappa shape index (κ2) is 6.33. The minimum atomic E-state index is -1.02. The lowest BCUT2D eigenvalue weighted by molar-refractivity contribution is -0.122. The van der Waals surface area contributed by atoms with Crippen LogP contribution in [0.3, 0.4) is 0 Å². The first-order chi connectivity index (χ1) is 8.02. The smallest absolute Gasteiger partial charge is 0.183 e. The highest BCUT2D eigenvalue weighted by Crippen LogP contribution is 2.11. The molecule has 0 fully saturated rings. The van der Waals surface area contributed by atoms with Crippen molar-refractivity contribution in [3.05, 3.63) is 54.2 Å². The van der Waals surface area contributed by atoms with E-state index in [-0.39, 0.29) is 12.2 Å². The lowest BCUT2D eigenvalue weighted by Gasteiger charge is -2.08. The van der Waals surface area contributed by atoms with Gasteiger partial charge >= 0.3 is 0 Å². The molecule has 3 nitrogen and oxygen atoms in total. The van der Waals surface area contributed by atoms with E-state index in [1.54, 1.807) is 6.92 Å². The van der Waals surface area contributed by atoms with E-state index in [9.17, 15) is 9.90 Å². The van der Waals surface area contributed by atoms with Crippen molar-refractivity contribution in [1.29, 1.82) is 0 Å². The Morgan fingerprint density at radius 2 is 1.88 bits per heavy atom. The van der Waals surface area contributed by atoms with Crippen LogP contribution in [0.4, 0.5) is 0 Å². The third-order valence-corrected chi connectivity index (χ3v) is 2.44. The Balaban J connectivity index is 2.62. The van der Waals surface area contributed by atoms with Gasteiger partial charge in [0.1, 0.15) is 6.10 Å². The van der Waals surface area contributed by atoms with Crippen molar-refractivity contribution in [2.24, 2.45) is 0 Å². The van der Waals surface area contributed by atoms with Gasteiger partial charge in [0.25, 0.3) is 0 Å². The minimum Gasteiger partial charge on any atom is -0.387 e. The van der Waals surface area contributed by atoms with Crippen LogP contribution in [0.2, 0.25) is 0 Å². The fourth-order valence-corrected chi connectivity index (χ4v) is 1.55. The maximum atomic E-state index is 11.1.